The predicted octanol–water partition coefficient (Wildman–Crippen LogP) is 4.37. The van der Waals surface area contributed by atoms with E-state index in [2.05, 4.69) is 34.4 Å². The Morgan fingerprint density at radius 3 is 2.87 bits per heavy atom. The van der Waals surface area contributed by atoms with Crippen LogP contribution in [-0.2, 0) is 6.54 Å². The molecule has 2 fully saturated rings. The molecule has 1 aromatic carbocycles. The van der Waals surface area contributed by atoms with Gasteiger partial charge in [-0.05, 0) is 68.7 Å². The zero-order valence-electron chi connectivity index (χ0n) is 18.1. The fourth-order valence-corrected chi connectivity index (χ4v) is 4.72. The molecule has 2 heterocycles. The number of amides is 1. The molecule has 1 aromatic heterocycles. The lowest BCUT2D eigenvalue weighted by atomic mass is 9.87. The SMILES string of the molecule is COc1cccc(CN2CCC[C@@H](c3cc(C(=O)NC4CCC(C)CC4)on3)C2)c1. The Morgan fingerprint density at radius 1 is 1.23 bits per heavy atom. The summed E-state index contributed by atoms with van der Waals surface area (Å²) >= 11 is 0. The summed E-state index contributed by atoms with van der Waals surface area (Å²) in [6.07, 6.45) is 6.65. The van der Waals surface area contributed by atoms with Crippen molar-refractivity contribution in [2.24, 2.45) is 5.92 Å². The van der Waals surface area contributed by atoms with Crippen molar-refractivity contribution in [1.82, 2.24) is 15.4 Å². The number of rotatable bonds is 6. The van der Waals surface area contributed by atoms with Crippen LogP contribution in [0.25, 0.3) is 0 Å². The number of nitrogens with one attached hydrogen (secondary N) is 1. The van der Waals surface area contributed by atoms with E-state index >= 15 is 0 Å². The number of piperidine rings is 1. The molecule has 30 heavy (non-hydrogen) atoms. The Labute approximate surface area is 179 Å². The minimum absolute atomic E-state index is 0.127. The average Bonchev–Trinajstić information content (AvgIpc) is 3.26. The van der Waals surface area contributed by atoms with Gasteiger partial charge in [0.15, 0.2) is 0 Å². The number of nitrogens with zero attached hydrogens (tertiary/aromatic N) is 2. The number of hydrogen-bond acceptors (Lipinski definition) is 5. The zero-order chi connectivity index (χ0) is 20.9. The molecule has 6 heteroatoms. The minimum atomic E-state index is -0.127. The fraction of sp³-hybridized carbons (Fsp3) is 0.583. The monoisotopic (exact) mass is 411 g/mol. The van der Waals surface area contributed by atoms with E-state index in [9.17, 15) is 4.79 Å². The molecule has 1 saturated carbocycles. The molecule has 2 aromatic rings. The van der Waals surface area contributed by atoms with Gasteiger partial charge in [0, 0.05) is 31.1 Å². The van der Waals surface area contributed by atoms with Crippen molar-refractivity contribution < 1.29 is 14.1 Å². The molecule has 0 unspecified atom stereocenters. The van der Waals surface area contributed by atoms with E-state index in [-0.39, 0.29) is 11.9 Å². The fourth-order valence-electron chi connectivity index (χ4n) is 4.72. The highest BCUT2D eigenvalue weighted by molar-refractivity contribution is 5.91. The third kappa shape index (κ3) is 5.22. The van der Waals surface area contributed by atoms with Crippen LogP contribution >= 0.6 is 0 Å². The van der Waals surface area contributed by atoms with E-state index in [0.717, 1.165) is 62.7 Å². The van der Waals surface area contributed by atoms with E-state index < -0.39 is 0 Å². The van der Waals surface area contributed by atoms with Gasteiger partial charge in [-0.3, -0.25) is 9.69 Å². The highest BCUT2D eigenvalue weighted by Gasteiger charge is 2.27. The van der Waals surface area contributed by atoms with Crippen LogP contribution in [0.1, 0.15) is 73.2 Å². The third-order valence-corrected chi connectivity index (χ3v) is 6.57. The number of hydrogen-bond donors (Lipinski definition) is 1. The van der Waals surface area contributed by atoms with E-state index in [1.807, 2.05) is 18.2 Å². The smallest absolute Gasteiger partial charge is 0.290 e. The Balaban J connectivity index is 1.33. The molecule has 0 bridgehead atoms. The van der Waals surface area contributed by atoms with Gasteiger partial charge in [0.1, 0.15) is 5.75 Å². The Bertz CT molecular complexity index is 842. The van der Waals surface area contributed by atoms with Crippen LogP contribution in [0.3, 0.4) is 0 Å². The lowest BCUT2D eigenvalue weighted by molar-refractivity contribution is 0.0885. The normalized spacial score (nSPS) is 25.1. The molecule has 0 spiro atoms. The maximum atomic E-state index is 12.6. The molecule has 1 N–H and O–H groups in total. The van der Waals surface area contributed by atoms with Crippen LogP contribution in [0, 0.1) is 5.92 Å². The van der Waals surface area contributed by atoms with Crippen molar-refractivity contribution in [3.05, 3.63) is 47.3 Å². The van der Waals surface area contributed by atoms with Crippen molar-refractivity contribution in [2.75, 3.05) is 20.2 Å². The molecule has 162 valence electrons. The van der Waals surface area contributed by atoms with Gasteiger partial charge in [-0.15, -0.1) is 0 Å². The molecule has 1 saturated heterocycles. The minimum Gasteiger partial charge on any atom is -0.497 e. The second-order valence-corrected chi connectivity index (χ2v) is 8.97. The Morgan fingerprint density at radius 2 is 2.07 bits per heavy atom. The van der Waals surface area contributed by atoms with Gasteiger partial charge < -0.3 is 14.6 Å². The predicted molar refractivity (Wildman–Crippen MR) is 116 cm³/mol. The second-order valence-electron chi connectivity index (χ2n) is 8.97. The van der Waals surface area contributed by atoms with E-state index in [1.165, 1.54) is 18.4 Å². The standard InChI is InChI=1S/C24H33N3O3/c1-17-8-10-20(11-9-17)25-24(28)23-14-22(26-30-23)19-6-4-12-27(16-19)15-18-5-3-7-21(13-18)29-2/h3,5,7,13-14,17,19-20H,4,6,8-12,15-16H2,1-2H3,(H,25,28)/t17?,19-,20?/m1/s1. The molecule has 4 rings (SSSR count). The highest BCUT2D eigenvalue weighted by Crippen LogP contribution is 2.28. The van der Waals surface area contributed by atoms with Gasteiger partial charge in [-0.1, -0.05) is 24.2 Å². The number of carbonyl (C=O) groups excluding carboxylic acids is 1. The summed E-state index contributed by atoms with van der Waals surface area (Å²) in [6.45, 7) is 5.16. The van der Waals surface area contributed by atoms with Gasteiger partial charge >= 0.3 is 0 Å². The maximum absolute atomic E-state index is 12.6. The van der Waals surface area contributed by atoms with Gasteiger partial charge in [0.2, 0.25) is 5.76 Å². The summed E-state index contributed by atoms with van der Waals surface area (Å²) < 4.78 is 10.8. The lowest BCUT2D eigenvalue weighted by Gasteiger charge is -2.31. The first kappa shape index (κ1) is 20.9. The second kappa shape index (κ2) is 9.65. The van der Waals surface area contributed by atoms with Crippen LogP contribution in [0.5, 0.6) is 5.75 Å². The van der Waals surface area contributed by atoms with Gasteiger partial charge in [0.25, 0.3) is 5.91 Å². The number of ether oxygens (including phenoxy) is 1. The third-order valence-electron chi connectivity index (χ3n) is 6.57. The number of aromatic nitrogens is 1. The maximum Gasteiger partial charge on any atom is 0.290 e. The van der Waals surface area contributed by atoms with Crippen LogP contribution in [0.15, 0.2) is 34.9 Å². The summed E-state index contributed by atoms with van der Waals surface area (Å²) in [6, 6.07) is 10.3. The molecule has 0 radical (unpaired) electrons. The van der Waals surface area contributed by atoms with Gasteiger partial charge in [-0.2, -0.15) is 0 Å². The Kier molecular flexibility index (Phi) is 6.72. The summed E-state index contributed by atoms with van der Waals surface area (Å²) in [5.74, 6) is 2.16. The molecule has 1 atom stereocenters. The molecule has 2 aliphatic rings. The quantitative estimate of drug-likeness (QED) is 0.764. The summed E-state index contributed by atoms with van der Waals surface area (Å²) in [5.41, 5.74) is 2.14. The van der Waals surface area contributed by atoms with E-state index in [4.69, 9.17) is 9.26 Å². The van der Waals surface area contributed by atoms with Crippen molar-refractivity contribution in [3.63, 3.8) is 0 Å². The zero-order valence-corrected chi connectivity index (χ0v) is 18.1. The average molecular weight is 412 g/mol. The molecule has 1 aliphatic carbocycles. The number of methoxy groups -OCH3 is 1. The Hall–Kier alpha value is -2.34. The van der Waals surface area contributed by atoms with Crippen molar-refractivity contribution >= 4 is 5.91 Å². The first-order valence-electron chi connectivity index (χ1n) is 11.2. The van der Waals surface area contributed by atoms with Crippen molar-refractivity contribution in [1.29, 1.82) is 0 Å². The molecular formula is C24H33N3O3. The largest absolute Gasteiger partial charge is 0.497 e. The molecule has 6 nitrogen and oxygen atoms in total. The molecule has 1 aliphatic heterocycles. The summed E-state index contributed by atoms with van der Waals surface area (Å²) in [4.78, 5) is 15.0. The summed E-state index contributed by atoms with van der Waals surface area (Å²) in [7, 11) is 1.70. The van der Waals surface area contributed by atoms with Crippen LogP contribution in [0.4, 0.5) is 0 Å². The van der Waals surface area contributed by atoms with E-state index in [1.54, 1.807) is 7.11 Å². The number of benzene rings is 1. The first-order valence-corrected chi connectivity index (χ1v) is 11.2. The number of carbonyl (C=O) groups is 1. The van der Waals surface area contributed by atoms with Crippen LogP contribution in [-0.4, -0.2) is 42.2 Å². The van der Waals surface area contributed by atoms with Crippen molar-refractivity contribution in [2.45, 2.75) is 64.0 Å². The first-order chi connectivity index (χ1) is 14.6. The summed E-state index contributed by atoms with van der Waals surface area (Å²) in [5, 5.41) is 7.38. The number of likely N-dealkylation sites (tertiary alicyclic amines) is 1. The van der Waals surface area contributed by atoms with Gasteiger partial charge in [-0.25, -0.2) is 0 Å². The van der Waals surface area contributed by atoms with Crippen molar-refractivity contribution in [3.8, 4) is 5.75 Å². The lowest BCUT2D eigenvalue weighted by Crippen LogP contribution is -2.37. The van der Waals surface area contributed by atoms with E-state index in [0.29, 0.717) is 11.7 Å². The molecular weight excluding hydrogens is 378 g/mol. The van der Waals surface area contributed by atoms with Crippen LogP contribution < -0.4 is 10.1 Å². The topological polar surface area (TPSA) is 67.6 Å². The molecule has 1 amide bonds. The van der Waals surface area contributed by atoms with Gasteiger partial charge in [0.05, 0.1) is 12.8 Å². The van der Waals surface area contributed by atoms with Crippen LogP contribution in [0.2, 0.25) is 0 Å². The highest BCUT2D eigenvalue weighted by atomic mass is 16.5.